The molecule has 0 bridgehead atoms. The number of pyridine rings is 1. The van der Waals surface area contributed by atoms with Gasteiger partial charge in [-0.25, -0.2) is 0 Å². The van der Waals surface area contributed by atoms with Crippen molar-refractivity contribution >= 4 is 22.5 Å². The number of anilines is 1. The topological polar surface area (TPSA) is 60.5 Å². The van der Waals surface area contributed by atoms with Crippen molar-refractivity contribution in [1.29, 1.82) is 0 Å². The van der Waals surface area contributed by atoms with Crippen LogP contribution in [0.15, 0.2) is 54.7 Å². The molecule has 150 valence electrons. The minimum Gasteiger partial charge on any atom is -0.497 e. The Morgan fingerprint density at radius 3 is 2.55 bits per heavy atom. The lowest BCUT2D eigenvalue weighted by atomic mass is 9.78. The van der Waals surface area contributed by atoms with Gasteiger partial charge in [0, 0.05) is 11.6 Å². The predicted octanol–water partition coefficient (Wildman–Crippen LogP) is 5.09. The molecule has 0 atom stereocenters. The van der Waals surface area contributed by atoms with Gasteiger partial charge in [0.05, 0.1) is 24.8 Å². The third-order valence-electron chi connectivity index (χ3n) is 5.82. The van der Waals surface area contributed by atoms with Crippen LogP contribution >= 0.6 is 0 Å². The molecule has 1 amide bonds. The first-order chi connectivity index (χ1) is 14.2. The minimum atomic E-state index is -0.514. The normalized spacial score (nSPS) is 15.2. The summed E-state index contributed by atoms with van der Waals surface area (Å²) in [6, 6.07) is 15.5. The van der Waals surface area contributed by atoms with Crippen molar-refractivity contribution in [2.75, 3.05) is 19.0 Å². The van der Waals surface area contributed by atoms with Crippen molar-refractivity contribution in [2.45, 2.75) is 38.0 Å². The molecule has 1 N–H and O–H groups in total. The van der Waals surface area contributed by atoms with E-state index < -0.39 is 5.41 Å². The summed E-state index contributed by atoms with van der Waals surface area (Å²) in [5, 5.41) is 4.08. The zero-order valence-electron chi connectivity index (χ0n) is 16.9. The molecule has 1 saturated carbocycles. The second-order valence-corrected chi connectivity index (χ2v) is 7.42. The van der Waals surface area contributed by atoms with Gasteiger partial charge in [-0.2, -0.15) is 0 Å². The summed E-state index contributed by atoms with van der Waals surface area (Å²) in [7, 11) is 1.65. The van der Waals surface area contributed by atoms with Crippen LogP contribution in [0.5, 0.6) is 11.5 Å². The Hall–Kier alpha value is -3.08. The Balaban J connectivity index is 1.69. The Morgan fingerprint density at radius 2 is 1.86 bits per heavy atom. The van der Waals surface area contributed by atoms with Gasteiger partial charge in [-0.05, 0) is 61.7 Å². The molecule has 1 aromatic heterocycles. The molecule has 1 fully saturated rings. The average molecular weight is 390 g/mol. The van der Waals surface area contributed by atoms with Gasteiger partial charge in [-0.3, -0.25) is 9.78 Å². The quantitative estimate of drug-likeness (QED) is 0.637. The first kappa shape index (κ1) is 19.2. The predicted molar refractivity (Wildman–Crippen MR) is 115 cm³/mol. The highest BCUT2D eigenvalue weighted by molar-refractivity contribution is 6.06. The summed E-state index contributed by atoms with van der Waals surface area (Å²) in [5.41, 5.74) is 2.06. The van der Waals surface area contributed by atoms with Crippen LogP contribution in [-0.2, 0) is 10.2 Å². The van der Waals surface area contributed by atoms with E-state index >= 15 is 0 Å². The number of nitrogens with zero attached hydrogens (tertiary/aromatic N) is 1. The number of methoxy groups -OCH3 is 1. The number of fused-ring (bicyclic) bond motifs is 1. The molecule has 4 rings (SSSR count). The zero-order valence-corrected chi connectivity index (χ0v) is 16.9. The molecule has 1 heterocycles. The molecule has 5 nitrogen and oxygen atoms in total. The number of carbonyl (C=O) groups is 1. The number of aromatic nitrogens is 1. The molecule has 29 heavy (non-hydrogen) atoms. The van der Waals surface area contributed by atoms with Gasteiger partial charge in [0.15, 0.2) is 0 Å². The number of amides is 1. The van der Waals surface area contributed by atoms with Crippen LogP contribution in [0.1, 0.15) is 38.2 Å². The molecule has 3 aromatic rings. The molecule has 0 saturated heterocycles. The van der Waals surface area contributed by atoms with E-state index in [2.05, 4.69) is 10.3 Å². The molecule has 0 spiro atoms. The molecule has 1 aliphatic rings. The summed E-state index contributed by atoms with van der Waals surface area (Å²) in [4.78, 5) is 18.0. The summed E-state index contributed by atoms with van der Waals surface area (Å²) in [6.07, 6.45) is 5.53. The van der Waals surface area contributed by atoms with Gasteiger partial charge in [-0.1, -0.05) is 25.0 Å². The maximum atomic E-state index is 13.6. The molecule has 0 unspecified atom stereocenters. The average Bonchev–Trinajstić information content (AvgIpc) is 3.27. The van der Waals surface area contributed by atoms with E-state index in [1.807, 2.05) is 55.5 Å². The summed E-state index contributed by atoms with van der Waals surface area (Å²) in [5.74, 6) is 1.56. The second kappa shape index (κ2) is 8.11. The Bertz CT molecular complexity index is 1010. The number of ether oxygens (including phenoxy) is 2. The first-order valence-electron chi connectivity index (χ1n) is 10.1. The highest BCUT2D eigenvalue weighted by Crippen LogP contribution is 2.43. The fourth-order valence-corrected chi connectivity index (χ4v) is 4.31. The standard InChI is InChI=1S/C24H26N2O3/c1-3-29-21-13-12-20(19-7-6-16-25-22(19)21)26-23(27)24(14-4-5-15-24)17-8-10-18(28-2)11-9-17/h6-13,16H,3-5,14-15H2,1-2H3,(H,26,27). The van der Waals surface area contributed by atoms with Gasteiger partial charge >= 0.3 is 0 Å². The van der Waals surface area contributed by atoms with Gasteiger partial charge in [0.2, 0.25) is 5.91 Å². The van der Waals surface area contributed by atoms with E-state index in [-0.39, 0.29) is 5.91 Å². The zero-order chi connectivity index (χ0) is 20.3. The van der Waals surface area contributed by atoms with Gasteiger partial charge in [-0.15, -0.1) is 0 Å². The smallest absolute Gasteiger partial charge is 0.235 e. The van der Waals surface area contributed by atoms with E-state index in [0.717, 1.165) is 59.3 Å². The lowest BCUT2D eigenvalue weighted by Gasteiger charge is -2.29. The van der Waals surface area contributed by atoms with Crippen LogP contribution in [0.4, 0.5) is 5.69 Å². The van der Waals surface area contributed by atoms with Crippen LogP contribution in [0.25, 0.3) is 10.9 Å². The maximum Gasteiger partial charge on any atom is 0.235 e. The lowest BCUT2D eigenvalue weighted by Crippen LogP contribution is -2.38. The molecular formula is C24H26N2O3. The summed E-state index contributed by atoms with van der Waals surface area (Å²) in [6.45, 7) is 2.52. The van der Waals surface area contributed by atoms with Gasteiger partial charge < -0.3 is 14.8 Å². The van der Waals surface area contributed by atoms with Crippen molar-refractivity contribution < 1.29 is 14.3 Å². The minimum absolute atomic E-state index is 0.0366. The third kappa shape index (κ3) is 3.53. The van der Waals surface area contributed by atoms with Crippen molar-refractivity contribution in [3.8, 4) is 11.5 Å². The number of nitrogens with one attached hydrogen (secondary N) is 1. The van der Waals surface area contributed by atoms with Crippen LogP contribution in [0.2, 0.25) is 0 Å². The van der Waals surface area contributed by atoms with Crippen molar-refractivity contribution in [3.05, 3.63) is 60.3 Å². The van der Waals surface area contributed by atoms with Crippen molar-refractivity contribution in [1.82, 2.24) is 4.98 Å². The van der Waals surface area contributed by atoms with E-state index in [1.165, 1.54) is 0 Å². The van der Waals surface area contributed by atoms with Crippen LogP contribution < -0.4 is 14.8 Å². The summed E-state index contributed by atoms with van der Waals surface area (Å²) < 4.78 is 11.0. The number of hydrogen-bond acceptors (Lipinski definition) is 4. The highest BCUT2D eigenvalue weighted by atomic mass is 16.5. The summed E-state index contributed by atoms with van der Waals surface area (Å²) >= 11 is 0. The highest BCUT2D eigenvalue weighted by Gasteiger charge is 2.42. The monoisotopic (exact) mass is 390 g/mol. The Kier molecular flexibility index (Phi) is 5.38. The van der Waals surface area contributed by atoms with Crippen LogP contribution in [0, 0.1) is 0 Å². The van der Waals surface area contributed by atoms with E-state index in [1.54, 1.807) is 13.3 Å². The van der Waals surface area contributed by atoms with Gasteiger partial charge in [0.25, 0.3) is 0 Å². The number of hydrogen-bond donors (Lipinski definition) is 1. The largest absolute Gasteiger partial charge is 0.497 e. The fraction of sp³-hybridized carbons (Fsp3) is 0.333. The number of rotatable bonds is 6. The van der Waals surface area contributed by atoms with E-state index in [0.29, 0.717) is 6.61 Å². The Morgan fingerprint density at radius 1 is 1.10 bits per heavy atom. The maximum absolute atomic E-state index is 13.6. The van der Waals surface area contributed by atoms with Crippen molar-refractivity contribution in [3.63, 3.8) is 0 Å². The molecule has 0 aliphatic heterocycles. The molecule has 2 aromatic carbocycles. The third-order valence-corrected chi connectivity index (χ3v) is 5.82. The molecule has 1 aliphatic carbocycles. The van der Waals surface area contributed by atoms with Crippen molar-refractivity contribution in [2.24, 2.45) is 0 Å². The van der Waals surface area contributed by atoms with E-state index in [9.17, 15) is 4.79 Å². The molecule has 5 heteroatoms. The molecular weight excluding hydrogens is 364 g/mol. The molecule has 0 radical (unpaired) electrons. The van der Waals surface area contributed by atoms with Gasteiger partial charge in [0.1, 0.15) is 17.0 Å². The van der Waals surface area contributed by atoms with Crippen LogP contribution in [-0.4, -0.2) is 24.6 Å². The first-order valence-corrected chi connectivity index (χ1v) is 10.1. The second-order valence-electron chi connectivity index (χ2n) is 7.42. The number of benzene rings is 2. The lowest BCUT2D eigenvalue weighted by molar-refractivity contribution is -0.121. The Labute approximate surface area is 171 Å². The van der Waals surface area contributed by atoms with E-state index in [4.69, 9.17) is 9.47 Å². The number of carbonyl (C=O) groups excluding carboxylic acids is 1. The van der Waals surface area contributed by atoms with Crippen LogP contribution in [0.3, 0.4) is 0 Å². The SMILES string of the molecule is CCOc1ccc(NC(=O)C2(c3ccc(OC)cc3)CCCC2)c2cccnc12. The fourth-order valence-electron chi connectivity index (χ4n) is 4.31.